The van der Waals surface area contributed by atoms with Crippen LogP contribution in [-0.4, -0.2) is 25.2 Å². The normalized spacial score (nSPS) is 10.5. The summed E-state index contributed by atoms with van der Waals surface area (Å²) in [6.07, 6.45) is 7.91. The average molecular weight is 366 g/mol. The van der Waals surface area contributed by atoms with Gasteiger partial charge in [0, 0.05) is 19.3 Å². The summed E-state index contributed by atoms with van der Waals surface area (Å²) in [6, 6.07) is 6.52. The van der Waals surface area contributed by atoms with Crippen LogP contribution in [0.15, 0.2) is 24.3 Å². The van der Waals surface area contributed by atoms with E-state index in [0.29, 0.717) is 31.4 Å². The van der Waals surface area contributed by atoms with E-state index in [4.69, 9.17) is 9.47 Å². The summed E-state index contributed by atoms with van der Waals surface area (Å²) in [7, 11) is 0. The first-order valence-corrected chi connectivity index (χ1v) is 9.68. The van der Waals surface area contributed by atoms with Crippen molar-refractivity contribution in [3.63, 3.8) is 0 Å². The monoisotopic (exact) mass is 366 g/mol. The Hall–Kier alpha value is -1.91. The molecule has 5 heteroatoms. The number of unbranched alkanes of at least 4 members (excludes halogenated alkanes) is 5. The van der Waals surface area contributed by atoms with Crippen molar-refractivity contribution in [1.29, 1.82) is 0 Å². The predicted molar refractivity (Wildman–Crippen MR) is 99.2 cm³/mol. The number of esters is 2. The molecule has 0 radical (unpaired) electrons. The third kappa shape index (κ3) is 10.9. The second-order valence-electron chi connectivity index (χ2n) is 6.40. The number of hydrogen-bond acceptors (Lipinski definition) is 4. The summed E-state index contributed by atoms with van der Waals surface area (Å²) < 4.78 is 23.6. The quantitative estimate of drug-likeness (QED) is 0.344. The van der Waals surface area contributed by atoms with Gasteiger partial charge in [-0.25, -0.2) is 4.39 Å². The van der Waals surface area contributed by atoms with Crippen molar-refractivity contribution < 1.29 is 23.5 Å². The highest BCUT2D eigenvalue weighted by Crippen LogP contribution is 2.10. The van der Waals surface area contributed by atoms with Crippen LogP contribution < -0.4 is 0 Å². The van der Waals surface area contributed by atoms with Crippen LogP contribution in [0.1, 0.15) is 70.3 Å². The molecule has 4 nitrogen and oxygen atoms in total. The van der Waals surface area contributed by atoms with Gasteiger partial charge in [-0.2, -0.15) is 0 Å². The molecule has 0 bridgehead atoms. The molecule has 0 N–H and O–H groups in total. The predicted octanol–water partition coefficient (Wildman–Crippen LogP) is 4.99. The number of hydrogen-bond donors (Lipinski definition) is 0. The number of ether oxygens (including phenoxy) is 2. The lowest BCUT2D eigenvalue weighted by atomic mass is 10.1. The number of halogens is 1. The Bertz CT molecular complexity index is 530. The van der Waals surface area contributed by atoms with Crippen LogP contribution in [0.25, 0.3) is 0 Å². The fourth-order valence-electron chi connectivity index (χ4n) is 2.58. The minimum atomic E-state index is -0.262. The molecule has 0 unspecified atom stereocenters. The van der Waals surface area contributed by atoms with E-state index in [2.05, 4.69) is 0 Å². The molecule has 0 fully saturated rings. The van der Waals surface area contributed by atoms with E-state index >= 15 is 0 Å². The van der Waals surface area contributed by atoms with Gasteiger partial charge < -0.3 is 9.47 Å². The lowest BCUT2D eigenvalue weighted by Crippen LogP contribution is -2.08. The molecule has 26 heavy (non-hydrogen) atoms. The van der Waals surface area contributed by atoms with Crippen LogP contribution in [0.2, 0.25) is 0 Å². The molecule has 1 aromatic carbocycles. The second kappa shape index (κ2) is 14.3. The minimum Gasteiger partial charge on any atom is -0.466 e. The summed E-state index contributed by atoms with van der Waals surface area (Å²) >= 11 is 0. The zero-order chi connectivity index (χ0) is 19.0. The Labute approximate surface area is 156 Å². The highest BCUT2D eigenvalue weighted by atomic mass is 19.1. The summed E-state index contributed by atoms with van der Waals surface area (Å²) in [5.74, 6) is -0.591. The van der Waals surface area contributed by atoms with Crippen LogP contribution in [0.5, 0.6) is 0 Å². The first-order valence-electron chi connectivity index (χ1n) is 9.68. The van der Waals surface area contributed by atoms with Gasteiger partial charge in [-0.3, -0.25) is 9.59 Å². The zero-order valence-corrected chi connectivity index (χ0v) is 15.8. The number of benzene rings is 1. The topological polar surface area (TPSA) is 52.6 Å². The lowest BCUT2D eigenvalue weighted by Gasteiger charge is -2.06. The summed E-state index contributed by atoms with van der Waals surface area (Å²) in [5, 5.41) is 0. The summed E-state index contributed by atoms with van der Waals surface area (Å²) in [6.45, 7) is 2.70. The van der Waals surface area contributed by atoms with Gasteiger partial charge in [0.05, 0.1) is 13.2 Å². The van der Waals surface area contributed by atoms with Gasteiger partial charge >= 0.3 is 11.9 Å². The van der Waals surface area contributed by atoms with Crippen molar-refractivity contribution >= 4 is 11.9 Å². The molecule has 0 heterocycles. The average Bonchev–Trinajstić information content (AvgIpc) is 2.63. The minimum absolute atomic E-state index is 0.107. The van der Waals surface area contributed by atoms with E-state index in [1.165, 1.54) is 6.07 Å². The van der Waals surface area contributed by atoms with Crippen molar-refractivity contribution in [3.8, 4) is 0 Å². The van der Waals surface area contributed by atoms with E-state index in [1.54, 1.807) is 18.2 Å². The van der Waals surface area contributed by atoms with Crippen molar-refractivity contribution in [1.82, 2.24) is 0 Å². The van der Waals surface area contributed by atoms with Crippen molar-refractivity contribution in [2.45, 2.75) is 71.1 Å². The van der Waals surface area contributed by atoms with Gasteiger partial charge in [-0.05, 0) is 30.9 Å². The van der Waals surface area contributed by atoms with Gasteiger partial charge in [0.2, 0.25) is 0 Å². The molecule has 0 aliphatic heterocycles. The third-order valence-corrected chi connectivity index (χ3v) is 4.07. The van der Waals surface area contributed by atoms with Crippen molar-refractivity contribution in [2.24, 2.45) is 0 Å². The molecule has 146 valence electrons. The first-order chi connectivity index (χ1) is 12.6. The molecule has 0 saturated heterocycles. The number of carbonyl (C=O) groups is 2. The maximum Gasteiger partial charge on any atom is 0.305 e. The maximum atomic E-state index is 13.4. The maximum absolute atomic E-state index is 13.4. The van der Waals surface area contributed by atoms with Crippen LogP contribution in [0.4, 0.5) is 4.39 Å². The van der Waals surface area contributed by atoms with Gasteiger partial charge in [0.1, 0.15) is 5.82 Å². The SMILES string of the molecule is CCCOC(=O)CCCCCCCCC(=O)OCCc1ccccc1F. The van der Waals surface area contributed by atoms with E-state index < -0.39 is 0 Å². The summed E-state index contributed by atoms with van der Waals surface area (Å²) in [5.41, 5.74) is 0.568. The molecule has 0 saturated carbocycles. The fraction of sp³-hybridized carbons (Fsp3) is 0.619. The van der Waals surface area contributed by atoms with E-state index in [0.717, 1.165) is 44.9 Å². The molecular formula is C21H31FO4. The zero-order valence-electron chi connectivity index (χ0n) is 15.8. The van der Waals surface area contributed by atoms with Gasteiger partial charge in [-0.1, -0.05) is 50.8 Å². The van der Waals surface area contributed by atoms with E-state index in [-0.39, 0.29) is 24.4 Å². The fourth-order valence-corrected chi connectivity index (χ4v) is 2.58. The smallest absolute Gasteiger partial charge is 0.305 e. The largest absolute Gasteiger partial charge is 0.466 e. The van der Waals surface area contributed by atoms with Gasteiger partial charge in [-0.15, -0.1) is 0 Å². The Morgan fingerprint density at radius 3 is 1.96 bits per heavy atom. The molecule has 0 aliphatic rings. The Kier molecular flexibility index (Phi) is 12.2. The second-order valence-corrected chi connectivity index (χ2v) is 6.40. The van der Waals surface area contributed by atoms with Gasteiger partial charge in [0.15, 0.2) is 0 Å². The van der Waals surface area contributed by atoms with Crippen LogP contribution in [0.3, 0.4) is 0 Å². The van der Waals surface area contributed by atoms with Crippen LogP contribution >= 0.6 is 0 Å². The lowest BCUT2D eigenvalue weighted by molar-refractivity contribution is -0.144. The summed E-state index contributed by atoms with van der Waals surface area (Å²) in [4.78, 5) is 23.0. The van der Waals surface area contributed by atoms with Gasteiger partial charge in [0.25, 0.3) is 0 Å². The molecular weight excluding hydrogens is 335 g/mol. The standard InChI is InChI=1S/C21H31FO4/c1-2-16-25-20(23)13-7-5-3-4-6-8-14-21(24)26-17-15-18-11-9-10-12-19(18)22/h9-12H,2-8,13-17H2,1H3. The molecule has 0 aliphatic carbocycles. The molecule has 0 atom stereocenters. The molecule has 1 rings (SSSR count). The van der Waals surface area contributed by atoms with Crippen molar-refractivity contribution in [3.05, 3.63) is 35.6 Å². The molecule has 0 amide bonds. The molecule has 1 aromatic rings. The third-order valence-electron chi connectivity index (χ3n) is 4.07. The number of carbonyl (C=O) groups excluding carboxylic acids is 2. The molecule has 0 aromatic heterocycles. The van der Waals surface area contributed by atoms with Crippen LogP contribution in [-0.2, 0) is 25.5 Å². The van der Waals surface area contributed by atoms with E-state index in [9.17, 15) is 14.0 Å². The Morgan fingerprint density at radius 1 is 0.846 bits per heavy atom. The number of rotatable bonds is 14. The Balaban J connectivity index is 1.92. The molecule has 0 spiro atoms. The first kappa shape index (κ1) is 22.1. The highest BCUT2D eigenvalue weighted by Gasteiger charge is 2.05. The van der Waals surface area contributed by atoms with Crippen molar-refractivity contribution in [2.75, 3.05) is 13.2 Å². The van der Waals surface area contributed by atoms with Crippen LogP contribution in [0, 0.1) is 5.82 Å². The highest BCUT2D eigenvalue weighted by molar-refractivity contribution is 5.69. The Morgan fingerprint density at radius 2 is 1.38 bits per heavy atom. The van der Waals surface area contributed by atoms with E-state index in [1.807, 2.05) is 6.92 Å².